The molecule has 1 aromatic rings. The second-order valence-corrected chi connectivity index (χ2v) is 12.8. The molecule has 2 heterocycles. The van der Waals surface area contributed by atoms with Crippen LogP contribution in [0.15, 0.2) is 24.3 Å². The van der Waals surface area contributed by atoms with Gasteiger partial charge in [0.25, 0.3) is 11.8 Å². The van der Waals surface area contributed by atoms with E-state index >= 15 is 0 Å². The minimum absolute atomic E-state index is 0.195. The second-order valence-electron chi connectivity index (χ2n) is 8.72. The van der Waals surface area contributed by atoms with E-state index in [0.29, 0.717) is 22.1 Å². The van der Waals surface area contributed by atoms with Crippen LogP contribution in [0.5, 0.6) is 0 Å². The normalized spacial score (nSPS) is 22.0. The van der Waals surface area contributed by atoms with Crippen LogP contribution in [0.3, 0.4) is 0 Å². The van der Waals surface area contributed by atoms with Crippen LogP contribution in [0.4, 0.5) is 5.69 Å². The third-order valence-corrected chi connectivity index (χ3v) is 7.83. The largest absolute Gasteiger partial charge is 0.339 e. The quantitative estimate of drug-likeness (QED) is 0.557. The van der Waals surface area contributed by atoms with Gasteiger partial charge in [0, 0.05) is 29.1 Å². The molecule has 0 spiro atoms. The molecule has 32 heavy (non-hydrogen) atoms. The van der Waals surface area contributed by atoms with Gasteiger partial charge in [-0.05, 0) is 64.0 Å². The Morgan fingerprint density at radius 2 is 1.78 bits per heavy atom. The third kappa shape index (κ3) is 6.43. The zero-order valence-electron chi connectivity index (χ0n) is 18.6. The lowest BCUT2D eigenvalue weighted by Gasteiger charge is -2.43. The van der Waals surface area contributed by atoms with Crippen LogP contribution < -0.4 is 10.0 Å². The van der Waals surface area contributed by atoms with Crippen LogP contribution in [0, 0.1) is 0 Å². The molecule has 2 saturated heterocycles. The molecule has 8 nitrogen and oxygen atoms in total. The Labute approximate surface area is 199 Å². The molecule has 11 heteroatoms. The van der Waals surface area contributed by atoms with Crippen LogP contribution in [-0.4, -0.2) is 77.6 Å². The molecule has 0 bridgehead atoms. The lowest BCUT2D eigenvalue weighted by Crippen LogP contribution is -2.63. The monoisotopic (exact) mass is 498 g/mol. The van der Waals surface area contributed by atoms with Crippen LogP contribution in [0.25, 0.3) is 0 Å². The van der Waals surface area contributed by atoms with Crippen LogP contribution in [-0.2, 0) is 14.8 Å². The van der Waals surface area contributed by atoms with Gasteiger partial charge in [-0.1, -0.05) is 30.4 Å². The number of nitrogens with zero attached hydrogens (tertiary/aromatic N) is 2. The number of piperidine rings is 1. The van der Waals surface area contributed by atoms with Gasteiger partial charge in [-0.2, -0.15) is 0 Å². The Hall–Kier alpha value is -1.69. The minimum atomic E-state index is -3.40. The SMILES string of the molecule is CC1(C)SC(=S)N(CCN2CCCCC2)C(=O)C1NC(=O)c1ccc(NS(C)(=O)=O)cc1. The Morgan fingerprint density at radius 1 is 1.16 bits per heavy atom. The first-order valence-electron chi connectivity index (χ1n) is 10.6. The predicted molar refractivity (Wildman–Crippen MR) is 132 cm³/mol. The Morgan fingerprint density at radius 3 is 2.38 bits per heavy atom. The van der Waals surface area contributed by atoms with Gasteiger partial charge < -0.3 is 10.2 Å². The van der Waals surface area contributed by atoms with Gasteiger partial charge in [0.05, 0.1) is 6.26 Å². The van der Waals surface area contributed by atoms with Crippen molar-refractivity contribution in [2.75, 3.05) is 37.2 Å². The molecule has 2 amide bonds. The lowest BCUT2D eigenvalue weighted by atomic mass is 10.0. The summed E-state index contributed by atoms with van der Waals surface area (Å²) in [5.41, 5.74) is 0.702. The summed E-state index contributed by atoms with van der Waals surface area (Å²) in [5, 5.41) is 2.87. The molecule has 2 fully saturated rings. The van der Waals surface area contributed by atoms with Crippen molar-refractivity contribution in [1.82, 2.24) is 15.1 Å². The maximum Gasteiger partial charge on any atom is 0.252 e. The summed E-state index contributed by atoms with van der Waals surface area (Å²) in [6.07, 6.45) is 4.67. The molecule has 0 saturated carbocycles. The van der Waals surface area contributed by atoms with Crippen molar-refractivity contribution in [3.63, 3.8) is 0 Å². The molecule has 0 aromatic heterocycles. The molecular formula is C21H30N4O4S3. The summed E-state index contributed by atoms with van der Waals surface area (Å²) in [6.45, 7) is 7.15. The minimum Gasteiger partial charge on any atom is -0.339 e. The molecule has 1 aromatic carbocycles. The van der Waals surface area contributed by atoms with Gasteiger partial charge in [0.1, 0.15) is 10.4 Å². The average Bonchev–Trinajstić information content (AvgIpc) is 2.70. The molecule has 2 N–H and O–H groups in total. The fourth-order valence-electron chi connectivity index (χ4n) is 3.86. The zero-order valence-corrected chi connectivity index (χ0v) is 21.0. The maximum atomic E-state index is 13.3. The first kappa shape index (κ1) is 24.9. The summed E-state index contributed by atoms with van der Waals surface area (Å²) >= 11 is 6.94. The van der Waals surface area contributed by atoms with E-state index in [-0.39, 0.29) is 5.91 Å². The molecule has 3 rings (SSSR count). The van der Waals surface area contributed by atoms with Crippen LogP contribution >= 0.6 is 24.0 Å². The number of thiocarbonyl (C=S) groups is 1. The number of amides is 2. The molecule has 2 aliphatic rings. The van der Waals surface area contributed by atoms with Crippen molar-refractivity contribution >= 4 is 55.8 Å². The molecular weight excluding hydrogens is 468 g/mol. The Bertz CT molecular complexity index is 973. The number of nitrogens with one attached hydrogen (secondary N) is 2. The van der Waals surface area contributed by atoms with E-state index in [9.17, 15) is 18.0 Å². The van der Waals surface area contributed by atoms with Gasteiger partial charge in [-0.3, -0.25) is 19.2 Å². The van der Waals surface area contributed by atoms with E-state index in [2.05, 4.69) is 14.9 Å². The summed E-state index contributed by atoms with van der Waals surface area (Å²) < 4.78 is 25.0. The number of rotatable bonds is 7. The van der Waals surface area contributed by atoms with E-state index in [0.717, 1.165) is 25.9 Å². The number of hydrogen-bond donors (Lipinski definition) is 2. The van der Waals surface area contributed by atoms with E-state index in [4.69, 9.17) is 12.2 Å². The number of likely N-dealkylation sites (tertiary alicyclic amines) is 1. The van der Waals surface area contributed by atoms with Crippen LogP contribution in [0.1, 0.15) is 43.5 Å². The smallest absolute Gasteiger partial charge is 0.252 e. The molecule has 1 atom stereocenters. The highest BCUT2D eigenvalue weighted by Gasteiger charge is 2.46. The highest BCUT2D eigenvalue weighted by Crippen LogP contribution is 2.36. The van der Waals surface area contributed by atoms with E-state index < -0.39 is 26.7 Å². The van der Waals surface area contributed by atoms with Gasteiger partial charge in [0.15, 0.2) is 0 Å². The number of carbonyl (C=O) groups excluding carboxylic acids is 2. The lowest BCUT2D eigenvalue weighted by molar-refractivity contribution is -0.130. The summed E-state index contributed by atoms with van der Waals surface area (Å²) in [6, 6.07) is 5.34. The number of sulfonamides is 1. The van der Waals surface area contributed by atoms with Gasteiger partial charge in [-0.15, -0.1) is 0 Å². The molecule has 2 aliphatic heterocycles. The molecule has 1 unspecified atom stereocenters. The van der Waals surface area contributed by atoms with Gasteiger partial charge >= 0.3 is 0 Å². The van der Waals surface area contributed by atoms with Gasteiger partial charge in [-0.25, -0.2) is 8.42 Å². The first-order valence-corrected chi connectivity index (χ1v) is 13.7. The summed E-state index contributed by atoms with van der Waals surface area (Å²) in [5.74, 6) is -0.591. The highest BCUT2D eigenvalue weighted by molar-refractivity contribution is 8.24. The summed E-state index contributed by atoms with van der Waals surface area (Å²) in [7, 11) is -3.40. The number of carbonyl (C=O) groups is 2. The summed E-state index contributed by atoms with van der Waals surface area (Å²) in [4.78, 5) is 30.1. The van der Waals surface area contributed by atoms with Crippen molar-refractivity contribution in [3.05, 3.63) is 29.8 Å². The Kier molecular flexibility index (Phi) is 7.85. The topological polar surface area (TPSA) is 98.8 Å². The van der Waals surface area contributed by atoms with E-state index in [1.54, 1.807) is 4.90 Å². The van der Waals surface area contributed by atoms with Crippen LogP contribution in [0.2, 0.25) is 0 Å². The predicted octanol–water partition coefficient (Wildman–Crippen LogP) is 2.28. The fourth-order valence-corrected chi connectivity index (χ4v) is 6.27. The van der Waals surface area contributed by atoms with Crippen molar-refractivity contribution in [2.24, 2.45) is 0 Å². The second kappa shape index (κ2) is 10.1. The van der Waals surface area contributed by atoms with E-state index in [1.165, 1.54) is 55.3 Å². The number of thioether (sulfide) groups is 1. The average molecular weight is 499 g/mol. The van der Waals surface area contributed by atoms with Crippen molar-refractivity contribution in [1.29, 1.82) is 0 Å². The number of benzene rings is 1. The third-order valence-electron chi connectivity index (χ3n) is 5.59. The van der Waals surface area contributed by atoms with E-state index in [1.807, 2.05) is 13.8 Å². The van der Waals surface area contributed by atoms with Crippen molar-refractivity contribution in [2.45, 2.75) is 43.9 Å². The fraction of sp³-hybridized carbons (Fsp3) is 0.571. The highest BCUT2D eigenvalue weighted by atomic mass is 32.2. The zero-order chi connectivity index (χ0) is 23.5. The number of anilines is 1. The number of hydrogen-bond acceptors (Lipinski definition) is 7. The maximum absolute atomic E-state index is 13.3. The standard InChI is InChI=1S/C21H30N4O4S3/c1-21(2)17(22-18(26)15-7-9-16(10-8-15)23-32(3,28)29)19(27)25(20(30)31-21)14-13-24-11-5-4-6-12-24/h7-10,17,23H,4-6,11-14H2,1-3H3,(H,22,26). The van der Waals surface area contributed by atoms with Gasteiger partial charge in [0.2, 0.25) is 10.0 Å². The molecule has 176 valence electrons. The molecule has 0 radical (unpaired) electrons. The molecule has 0 aliphatic carbocycles. The Balaban J connectivity index is 1.68. The van der Waals surface area contributed by atoms with Crippen molar-refractivity contribution in [3.8, 4) is 0 Å². The first-order chi connectivity index (χ1) is 15.0. The van der Waals surface area contributed by atoms with Crippen molar-refractivity contribution < 1.29 is 18.0 Å².